The Labute approximate surface area is 111 Å². The van der Waals surface area contributed by atoms with E-state index in [0.29, 0.717) is 10.1 Å². The third-order valence-electron chi connectivity index (χ3n) is 3.33. The molecule has 0 radical (unpaired) electrons. The van der Waals surface area contributed by atoms with Gasteiger partial charge in [0.05, 0.1) is 15.5 Å². The van der Waals surface area contributed by atoms with Crippen molar-refractivity contribution in [3.8, 4) is 5.75 Å². The fourth-order valence-corrected chi connectivity index (χ4v) is 3.13. The van der Waals surface area contributed by atoms with Crippen LogP contribution in [0.5, 0.6) is 5.75 Å². The molecule has 0 saturated carbocycles. The van der Waals surface area contributed by atoms with Crippen LogP contribution in [-0.4, -0.2) is 10.0 Å². The highest BCUT2D eigenvalue weighted by Gasteiger charge is 2.26. The van der Waals surface area contributed by atoms with E-state index in [1.54, 1.807) is 0 Å². The first-order valence-corrected chi connectivity index (χ1v) is 6.49. The molecule has 0 aliphatic heterocycles. The zero-order valence-electron chi connectivity index (χ0n) is 9.40. The summed E-state index contributed by atoms with van der Waals surface area (Å²) in [6.45, 7) is 0. The Kier molecular flexibility index (Phi) is 2.55. The van der Waals surface area contributed by atoms with Gasteiger partial charge in [-0.25, -0.2) is 0 Å². The molecule has 94 valence electrons. The van der Waals surface area contributed by atoms with Gasteiger partial charge in [0.25, 0.3) is 0 Å². The molecule has 1 aliphatic carbocycles. The number of rotatable bonds is 1. The Bertz CT molecular complexity index is 662. The third kappa shape index (κ3) is 1.52. The van der Waals surface area contributed by atoms with Gasteiger partial charge in [0.15, 0.2) is 0 Å². The number of hydrogen-bond acceptors (Lipinski definition) is 4. The number of hydrogen-bond donors (Lipinski definition) is 1. The number of furan rings is 1. The lowest BCUT2D eigenvalue weighted by Crippen LogP contribution is -1.98. The number of phenols is 1. The van der Waals surface area contributed by atoms with Crippen LogP contribution in [0.4, 0.5) is 5.69 Å². The first-order chi connectivity index (χ1) is 8.59. The highest BCUT2D eigenvalue weighted by Crippen LogP contribution is 2.44. The fourth-order valence-electron chi connectivity index (χ4n) is 2.49. The van der Waals surface area contributed by atoms with E-state index in [0.717, 1.165) is 42.4 Å². The molecule has 0 fully saturated rings. The zero-order valence-corrected chi connectivity index (χ0v) is 11.0. The Morgan fingerprint density at radius 1 is 1.39 bits per heavy atom. The summed E-state index contributed by atoms with van der Waals surface area (Å²) in [6, 6.07) is 1.30. The second kappa shape index (κ2) is 3.98. The molecule has 1 aromatic heterocycles. The van der Waals surface area contributed by atoms with Gasteiger partial charge in [-0.2, -0.15) is 0 Å². The van der Waals surface area contributed by atoms with E-state index in [9.17, 15) is 15.2 Å². The molecule has 1 N–H and O–H groups in total. The number of phenolic OH excluding ortho intramolecular Hbond substituents is 1. The molecule has 1 aromatic carbocycles. The van der Waals surface area contributed by atoms with Crippen molar-refractivity contribution in [3.05, 3.63) is 32.0 Å². The highest BCUT2D eigenvalue weighted by atomic mass is 79.9. The lowest BCUT2D eigenvalue weighted by atomic mass is 9.96. The van der Waals surface area contributed by atoms with E-state index >= 15 is 0 Å². The van der Waals surface area contributed by atoms with Crippen LogP contribution in [0.25, 0.3) is 11.0 Å². The Morgan fingerprint density at radius 3 is 2.83 bits per heavy atom. The van der Waals surface area contributed by atoms with Gasteiger partial charge >= 0.3 is 5.69 Å². The third-order valence-corrected chi connectivity index (χ3v) is 4.11. The molecule has 6 heteroatoms. The second-order valence-electron chi connectivity index (χ2n) is 4.40. The van der Waals surface area contributed by atoms with Gasteiger partial charge in [-0.05, 0) is 35.2 Å². The fraction of sp³-hybridized carbons (Fsp3) is 0.333. The molecular formula is C12H10BrNO4. The van der Waals surface area contributed by atoms with Crippen molar-refractivity contribution in [1.29, 1.82) is 0 Å². The molecule has 3 rings (SSSR count). The minimum Gasteiger partial charge on any atom is -0.501 e. The average Bonchev–Trinajstić information content (AvgIpc) is 2.71. The van der Waals surface area contributed by atoms with Crippen molar-refractivity contribution in [2.75, 3.05) is 0 Å². The number of benzene rings is 1. The van der Waals surface area contributed by atoms with Crippen LogP contribution in [0.3, 0.4) is 0 Å². The minimum absolute atomic E-state index is 0.332. The van der Waals surface area contributed by atoms with Crippen molar-refractivity contribution in [3.63, 3.8) is 0 Å². The molecule has 0 atom stereocenters. The summed E-state index contributed by atoms with van der Waals surface area (Å²) in [4.78, 5) is 10.2. The summed E-state index contributed by atoms with van der Waals surface area (Å²) in [5.74, 6) is 0.554. The molecule has 1 aliphatic rings. The van der Waals surface area contributed by atoms with Crippen molar-refractivity contribution in [2.24, 2.45) is 0 Å². The maximum absolute atomic E-state index is 10.8. The summed E-state index contributed by atoms with van der Waals surface area (Å²) in [5, 5.41) is 21.5. The van der Waals surface area contributed by atoms with E-state index in [4.69, 9.17) is 4.42 Å². The first-order valence-electron chi connectivity index (χ1n) is 5.69. The molecule has 0 saturated heterocycles. The van der Waals surface area contributed by atoms with Crippen LogP contribution < -0.4 is 0 Å². The molecule has 5 nitrogen and oxygen atoms in total. The zero-order chi connectivity index (χ0) is 12.9. The molecule has 0 amide bonds. The summed E-state index contributed by atoms with van der Waals surface area (Å²) >= 11 is 3.24. The van der Waals surface area contributed by atoms with Crippen LogP contribution in [0.2, 0.25) is 0 Å². The van der Waals surface area contributed by atoms with Gasteiger partial charge in [0.1, 0.15) is 11.3 Å². The largest absolute Gasteiger partial charge is 0.501 e. The van der Waals surface area contributed by atoms with Gasteiger partial charge in [-0.3, -0.25) is 10.1 Å². The monoisotopic (exact) mass is 311 g/mol. The van der Waals surface area contributed by atoms with Crippen molar-refractivity contribution in [1.82, 2.24) is 0 Å². The number of fused-ring (bicyclic) bond motifs is 3. The molecule has 18 heavy (non-hydrogen) atoms. The number of halogens is 1. The molecule has 0 unspecified atom stereocenters. The number of aromatic hydroxyl groups is 1. The smallest absolute Gasteiger partial charge is 0.315 e. The van der Waals surface area contributed by atoms with Crippen LogP contribution >= 0.6 is 15.9 Å². The van der Waals surface area contributed by atoms with E-state index < -0.39 is 4.92 Å². The van der Waals surface area contributed by atoms with E-state index in [2.05, 4.69) is 15.9 Å². The maximum atomic E-state index is 10.8. The second-order valence-corrected chi connectivity index (χ2v) is 5.19. The first kappa shape index (κ1) is 11.5. The molecule has 2 aromatic rings. The van der Waals surface area contributed by atoms with Crippen LogP contribution in [0, 0.1) is 10.1 Å². The SMILES string of the molecule is O=[N+]([O-])c1cc2oc3c(c2c(Br)c1O)CCCC3. The Balaban J connectivity index is 2.37. The minimum atomic E-state index is -0.610. The number of nitro groups is 1. The number of nitro benzene ring substituents is 1. The normalized spacial score (nSPS) is 14.7. The van der Waals surface area contributed by atoms with Gasteiger partial charge in [-0.15, -0.1) is 0 Å². The lowest BCUT2D eigenvalue weighted by Gasteiger charge is -2.09. The average molecular weight is 312 g/mol. The molecular weight excluding hydrogens is 302 g/mol. The van der Waals surface area contributed by atoms with Crippen molar-refractivity contribution >= 4 is 32.6 Å². The highest BCUT2D eigenvalue weighted by molar-refractivity contribution is 9.10. The van der Waals surface area contributed by atoms with Gasteiger partial charge in [-0.1, -0.05) is 0 Å². The van der Waals surface area contributed by atoms with Gasteiger partial charge in [0, 0.05) is 17.4 Å². The van der Waals surface area contributed by atoms with Gasteiger partial charge < -0.3 is 9.52 Å². The number of aryl methyl sites for hydroxylation is 2. The van der Waals surface area contributed by atoms with E-state index in [-0.39, 0.29) is 11.4 Å². The predicted octanol–water partition coefficient (Wildman–Crippen LogP) is 3.69. The molecule has 1 heterocycles. The predicted molar refractivity (Wildman–Crippen MR) is 68.9 cm³/mol. The van der Waals surface area contributed by atoms with Gasteiger partial charge in [0.2, 0.25) is 5.75 Å². The molecule has 0 bridgehead atoms. The van der Waals surface area contributed by atoms with E-state index in [1.165, 1.54) is 6.07 Å². The Morgan fingerprint density at radius 2 is 2.11 bits per heavy atom. The van der Waals surface area contributed by atoms with Crippen LogP contribution in [0.15, 0.2) is 15.0 Å². The topological polar surface area (TPSA) is 76.5 Å². The van der Waals surface area contributed by atoms with Crippen molar-refractivity contribution in [2.45, 2.75) is 25.7 Å². The maximum Gasteiger partial charge on any atom is 0.315 e. The Hall–Kier alpha value is -1.56. The standard InChI is InChI=1S/C12H10BrNO4/c13-11-10-6-3-1-2-4-8(6)18-9(10)5-7(12(11)15)14(16)17/h5,15H,1-4H2. The summed E-state index contributed by atoms with van der Waals surface area (Å²) < 4.78 is 6.03. The summed E-state index contributed by atoms with van der Waals surface area (Å²) in [5.41, 5.74) is 1.20. The van der Waals surface area contributed by atoms with Crippen LogP contribution in [-0.2, 0) is 12.8 Å². The number of nitrogens with zero attached hydrogens (tertiary/aromatic N) is 1. The van der Waals surface area contributed by atoms with Crippen LogP contribution in [0.1, 0.15) is 24.2 Å². The van der Waals surface area contributed by atoms with Crippen molar-refractivity contribution < 1.29 is 14.4 Å². The van der Waals surface area contributed by atoms with E-state index in [1.807, 2.05) is 0 Å². The molecule has 0 spiro atoms. The quantitative estimate of drug-likeness (QED) is 0.643. The summed E-state index contributed by atoms with van der Waals surface area (Å²) in [7, 11) is 0. The summed E-state index contributed by atoms with van der Waals surface area (Å²) in [6.07, 6.45) is 3.88. The lowest BCUT2D eigenvalue weighted by molar-refractivity contribution is -0.385.